The topological polar surface area (TPSA) is 62.2 Å². The van der Waals surface area contributed by atoms with Crippen molar-refractivity contribution >= 4 is 5.91 Å². The Morgan fingerprint density at radius 2 is 2.13 bits per heavy atom. The smallest absolute Gasteiger partial charge is 0.228 e. The van der Waals surface area contributed by atoms with Crippen LogP contribution in [0, 0.1) is 5.41 Å². The molecule has 0 radical (unpaired) electrons. The molecule has 0 aliphatic heterocycles. The highest BCUT2D eigenvalue weighted by molar-refractivity contribution is 5.85. The Bertz CT molecular complexity index is 347. The van der Waals surface area contributed by atoms with Crippen LogP contribution in [0.3, 0.4) is 0 Å². The Kier molecular flexibility index (Phi) is 2.68. The van der Waals surface area contributed by atoms with Crippen LogP contribution in [0.4, 0.5) is 0 Å². The van der Waals surface area contributed by atoms with Crippen LogP contribution in [-0.2, 0) is 11.3 Å². The van der Waals surface area contributed by atoms with Gasteiger partial charge < -0.3 is 10.4 Å². The highest BCUT2D eigenvalue weighted by atomic mass is 16.3. The summed E-state index contributed by atoms with van der Waals surface area (Å²) >= 11 is 0. The second-order valence-electron chi connectivity index (χ2n) is 3.98. The van der Waals surface area contributed by atoms with Crippen molar-refractivity contribution in [1.29, 1.82) is 0 Å². The molecule has 1 amide bonds. The van der Waals surface area contributed by atoms with Gasteiger partial charge >= 0.3 is 0 Å². The van der Waals surface area contributed by atoms with Crippen molar-refractivity contribution in [3.8, 4) is 0 Å². The molecular weight excluding hydrogens is 192 g/mol. The zero-order chi connectivity index (χ0) is 10.7. The third-order valence-corrected chi connectivity index (χ3v) is 2.84. The van der Waals surface area contributed by atoms with Crippen LogP contribution in [0.25, 0.3) is 0 Å². The van der Waals surface area contributed by atoms with Gasteiger partial charge in [0.1, 0.15) is 0 Å². The monoisotopic (exact) mass is 206 g/mol. The summed E-state index contributed by atoms with van der Waals surface area (Å²) in [6, 6.07) is 3.72. The van der Waals surface area contributed by atoms with Crippen molar-refractivity contribution in [2.24, 2.45) is 5.41 Å². The number of pyridine rings is 1. The van der Waals surface area contributed by atoms with Gasteiger partial charge in [-0.1, -0.05) is 0 Å². The van der Waals surface area contributed by atoms with Crippen LogP contribution in [0.15, 0.2) is 24.5 Å². The maximum Gasteiger partial charge on any atom is 0.228 e. The van der Waals surface area contributed by atoms with Crippen molar-refractivity contribution in [3.63, 3.8) is 0 Å². The molecule has 4 nitrogen and oxygen atoms in total. The van der Waals surface area contributed by atoms with Crippen LogP contribution >= 0.6 is 0 Å². The van der Waals surface area contributed by atoms with E-state index in [1.807, 2.05) is 12.1 Å². The third-order valence-electron chi connectivity index (χ3n) is 2.84. The van der Waals surface area contributed by atoms with Crippen LogP contribution in [0.2, 0.25) is 0 Å². The van der Waals surface area contributed by atoms with Crippen molar-refractivity contribution in [2.45, 2.75) is 19.4 Å². The van der Waals surface area contributed by atoms with Gasteiger partial charge in [-0.3, -0.25) is 9.78 Å². The fourth-order valence-corrected chi connectivity index (χ4v) is 1.48. The minimum absolute atomic E-state index is 0.0400. The minimum Gasteiger partial charge on any atom is -0.395 e. The molecule has 4 heteroatoms. The normalized spacial score (nSPS) is 17.1. The molecule has 1 aliphatic rings. The Balaban J connectivity index is 1.86. The van der Waals surface area contributed by atoms with E-state index in [2.05, 4.69) is 10.3 Å². The summed E-state index contributed by atoms with van der Waals surface area (Å²) in [4.78, 5) is 15.5. The Morgan fingerprint density at radius 3 is 2.67 bits per heavy atom. The summed E-state index contributed by atoms with van der Waals surface area (Å²) in [6.07, 6.45) is 4.98. The zero-order valence-corrected chi connectivity index (χ0v) is 8.44. The molecule has 0 aromatic carbocycles. The average Bonchev–Trinajstić information content (AvgIpc) is 3.08. The summed E-state index contributed by atoms with van der Waals surface area (Å²) in [6.45, 7) is 0.457. The van der Waals surface area contributed by atoms with Crippen LogP contribution in [0.1, 0.15) is 18.4 Å². The summed E-state index contributed by atoms with van der Waals surface area (Å²) in [5, 5.41) is 11.9. The van der Waals surface area contributed by atoms with E-state index < -0.39 is 5.41 Å². The minimum atomic E-state index is -0.479. The fourth-order valence-electron chi connectivity index (χ4n) is 1.48. The zero-order valence-electron chi connectivity index (χ0n) is 8.44. The molecule has 0 unspecified atom stereocenters. The molecule has 1 aromatic heterocycles. The molecule has 0 atom stereocenters. The number of carbonyl (C=O) groups excluding carboxylic acids is 1. The first-order valence-corrected chi connectivity index (χ1v) is 5.05. The van der Waals surface area contributed by atoms with Gasteiger partial charge in [0.25, 0.3) is 0 Å². The molecule has 0 bridgehead atoms. The van der Waals surface area contributed by atoms with Crippen molar-refractivity contribution in [1.82, 2.24) is 10.3 Å². The lowest BCUT2D eigenvalue weighted by Gasteiger charge is -2.11. The molecule has 1 heterocycles. The quantitative estimate of drug-likeness (QED) is 0.752. The number of rotatable bonds is 4. The third kappa shape index (κ3) is 2.15. The van der Waals surface area contributed by atoms with E-state index in [1.165, 1.54) is 0 Å². The van der Waals surface area contributed by atoms with Crippen LogP contribution in [-0.4, -0.2) is 22.6 Å². The number of hydrogen-bond acceptors (Lipinski definition) is 3. The second kappa shape index (κ2) is 3.98. The van der Waals surface area contributed by atoms with E-state index in [4.69, 9.17) is 5.11 Å². The van der Waals surface area contributed by atoms with Gasteiger partial charge in [0, 0.05) is 18.9 Å². The van der Waals surface area contributed by atoms with Crippen molar-refractivity contribution in [2.75, 3.05) is 6.61 Å². The first-order valence-electron chi connectivity index (χ1n) is 5.05. The standard InChI is InChI=1S/C11H14N2O2/c14-8-11(3-4-11)10(15)13-7-9-1-5-12-6-2-9/h1-2,5-6,14H,3-4,7-8H2,(H,13,15). The van der Waals surface area contributed by atoms with Gasteiger partial charge in [-0.05, 0) is 30.5 Å². The van der Waals surface area contributed by atoms with E-state index in [1.54, 1.807) is 12.4 Å². The molecular formula is C11H14N2O2. The molecule has 1 saturated carbocycles. The Morgan fingerprint density at radius 1 is 1.47 bits per heavy atom. The number of aromatic nitrogens is 1. The predicted molar refractivity (Wildman–Crippen MR) is 54.8 cm³/mol. The predicted octanol–water partition coefficient (Wildman–Crippen LogP) is 0.470. The summed E-state index contributed by atoms with van der Waals surface area (Å²) < 4.78 is 0. The number of carbonyl (C=O) groups is 1. The van der Waals surface area contributed by atoms with Crippen LogP contribution in [0.5, 0.6) is 0 Å². The number of nitrogens with zero attached hydrogens (tertiary/aromatic N) is 1. The molecule has 15 heavy (non-hydrogen) atoms. The molecule has 2 rings (SSSR count). The van der Waals surface area contributed by atoms with Gasteiger partial charge in [-0.2, -0.15) is 0 Å². The van der Waals surface area contributed by atoms with Crippen molar-refractivity contribution in [3.05, 3.63) is 30.1 Å². The summed E-state index contributed by atoms with van der Waals surface area (Å²) in [5.74, 6) is -0.0400. The first kappa shape index (κ1) is 10.1. The maximum atomic E-state index is 11.6. The van der Waals surface area contributed by atoms with E-state index >= 15 is 0 Å². The van der Waals surface area contributed by atoms with Gasteiger partial charge in [-0.15, -0.1) is 0 Å². The molecule has 80 valence electrons. The van der Waals surface area contributed by atoms with E-state index in [0.29, 0.717) is 6.54 Å². The lowest BCUT2D eigenvalue weighted by Crippen LogP contribution is -2.33. The van der Waals surface area contributed by atoms with Gasteiger partial charge in [0.05, 0.1) is 12.0 Å². The first-order chi connectivity index (χ1) is 7.27. The lowest BCUT2D eigenvalue weighted by atomic mass is 10.1. The lowest BCUT2D eigenvalue weighted by molar-refractivity contribution is -0.127. The number of aliphatic hydroxyl groups excluding tert-OH is 1. The molecule has 2 N–H and O–H groups in total. The van der Waals surface area contributed by atoms with E-state index in [-0.39, 0.29) is 12.5 Å². The average molecular weight is 206 g/mol. The number of hydrogen-bond donors (Lipinski definition) is 2. The van der Waals surface area contributed by atoms with Crippen molar-refractivity contribution < 1.29 is 9.90 Å². The summed E-state index contributed by atoms with van der Waals surface area (Å²) in [7, 11) is 0. The van der Waals surface area contributed by atoms with Gasteiger partial charge in [-0.25, -0.2) is 0 Å². The largest absolute Gasteiger partial charge is 0.395 e. The number of nitrogens with one attached hydrogen (secondary N) is 1. The molecule has 1 aliphatic carbocycles. The SMILES string of the molecule is O=C(NCc1ccncc1)C1(CO)CC1. The van der Waals surface area contributed by atoms with Gasteiger partial charge in [0.2, 0.25) is 5.91 Å². The molecule has 0 saturated heterocycles. The number of aliphatic hydroxyl groups is 1. The van der Waals surface area contributed by atoms with E-state index in [0.717, 1.165) is 18.4 Å². The fraction of sp³-hybridized carbons (Fsp3) is 0.455. The number of amides is 1. The maximum absolute atomic E-state index is 11.6. The molecule has 0 spiro atoms. The van der Waals surface area contributed by atoms with Crippen LogP contribution < -0.4 is 5.32 Å². The Hall–Kier alpha value is -1.42. The van der Waals surface area contributed by atoms with E-state index in [9.17, 15) is 4.79 Å². The molecule has 1 aromatic rings. The molecule has 1 fully saturated rings. The summed E-state index contributed by atoms with van der Waals surface area (Å²) in [5.41, 5.74) is 0.541. The highest BCUT2D eigenvalue weighted by Crippen LogP contribution is 2.45. The highest BCUT2D eigenvalue weighted by Gasteiger charge is 2.49. The Labute approximate surface area is 88.3 Å². The second-order valence-corrected chi connectivity index (χ2v) is 3.98. The van der Waals surface area contributed by atoms with Gasteiger partial charge in [0.15, 0.2) is 0 Å².